The molecule has 0 atom stereocenters. The van der Waals surface area contributed by atoms with Gasteiger partial charge in [-0.1, -0.05) is 17.3 Å². The van der Waals surface area contributed by atoms with Gasteiger partial charge in [-0.25, -0.2) is 14.6 Å². The lowest BCUT2D eigenvalue weighted by Crippen LogP contribution is -2.10. The van der Waals surface area contributed by atoms with Crippen molar-refractivity contribution in [2.75, 3.05) is 5.32 Å². The molecule has 0 saturated heterocycles. The number of halogens is 3. The maximum absolute atomic E-state index is 12.9. The molecule has 2 aromatic carbocycles. The number of rotatable bonds is 6. The molecule has 1 N–H and O–H groups in total. The number of hydrogen-bond donors (Lipinski definition) is 1. The average Bonchev–Trinajstić information content (AvgIpc) is 3.23. The summed E-state index contributed by atoms with van der Waals surface area (Å²) < 4.78 is 45.5. The van der Waals surface area contributed by atoms with E-state index in [1.807, 2.05) is 25.1 Å². The number of benzene rings is 2. The van der Waals surface area contributed by atoms with Crippen LogP contribution < -0.4 is 10.1 Å². The van der Waals surface area contributed by atoms with Gasteiger partial charge in [-0.3, -0.25) is 4.79 Å². The summed E-state index contributed by atoms with van der Waals surface area (Å²) in [4.78, 5) is 18.4. The lowest BCUT2D eigenvalue weighted by atomic mass is 10.1. The summed E-state index contributed by atoms with van der Waals surface area (Å²) in [5, 5.41) is 11.2. The minimum Gasteiger partial charge on any atom is -0.427 e. The maximum atomic E-state index is 12.9. The van der Waals surface area contributed by atoms with Crippen LogP contribution in [0.1, 0.15) is 23.7 Å². The number of alkyl halides is 3. The molecule has 0 bridgehead atoms. The van der Waals surface area contributed by atoms with Gasteiger partial charge in [-0.2, -0.15) is 13.2 Å². The first-order chi connectivity index (χ1) is 16.2. The predicted molar refractivity (Wildman–Crippen MR) is 117 cm³/mol. The Bertz CT molecular complexity index is 1320. The fourth-order valence-corrected chi connectivity index (χ4v) is 3.23. The summed E-state index contributed by atoms with van der Waals surface area (Å²) in [6, 6.07) is 13.2. The van der Waals surface area contributed by atoms with Gasteiger partial charge in [0.2, 0.25) is 5.95 Å². The minimum atomic E-state index is -4.56. The van der Waals surface area contributed by atoms with Crippen LogP contribution >= 0.6 is 0 Å². The van der Waals surface area contributed by atoms with Crippen molar-refractivity contribution in [3.05, 3.63) is 77.7 Å². The Morgan fingerprint density at radius 3 is 2.59 bits per heavy atom. The van der Waals surface area contributed by atoms with Crippen LogP contribution in [0, 0.1) is 6.92 Å². The van der Waals surface area contributed by atoms with Gasteiger partial charge >= 0.3 is 12.1 Å². The number of carbonyl (C=O) groups is 1. The van der Waals surface area contributed by atoms with Crippen molar-refractivity contribution in [3.8, 4) is 17.0 Å². The van der Waals surface area contributed by atoms with Crippen LogP contribution in [0.3, 0.4) is 0 Å². The summed E-state index contributed by atoms with van der Waals surface area (Å²) in [6.45, 7) is 3.64. The zero-order valence-electron chi connectivity index (χ0n) is 18.2. The highest BCUT2D eigenvalue weighted by Crippen LogP contribution is 2.29. The van der Waals surface area contributed by atoms with Gasteiger partial charge in [-0.15, -0.1) is 5.10 Å². The molecule has 2 heterocycles. The number of nitrogens with zero attached hydrogens (tertiary/aromatic N) is 5. The number of ether oxygens (including phenoxy) is 1. The molecule has 174 valence electrons. The Balaban J connectivity index is 1.51. The van der Waals surface area contributed by atoms with Crippen molar-refractivity contribution >= 4 is 17.6 Å². The molecule has 4 aromatic rings. The summed E-state index contributed by atoms with van der Waals surface area (Å²) in [5.74, 6) is -0.0902. The Hall–Kier alpha value is -4.28. The van der Waals surface area contributed by atoms with Crippen LogP contribution in [-0.2, 0) is 17.5 Å². The van der Waals surface area contributed by atoms with Crippen molar-refractivity contribution in [2.24, 2.45) is 0 Å². The van der Waals surface area contributed by atoms with Crippen molar-refractivity contribution in [1.82, 2.24) is 25.0 Å². The highest BCUT2D eigenvalue weighted by atomic mass is 19.4. The van der Waals surface area contributed by atoms with E-state index in [4.69, 9.17) is 4.74 Å². The Kier molecular flexibility index (Phi) is 6.26. The fraction of sp³-hybridized carbons (Fsp3) is 0.174. The van der Waals surface area contributed by atoms with E-state index in [9.17, 15) is 18.0 Å². The van der Waals surface area contributed by atoms with Gasteiger partial charge in [0.25, 0.3) is 0 Å². The van der Waals surface area contributed by atoms with E-state index in [-0.39, 0.29) is 11.9 Å². The predicted octanol–water partition coefficient (Wildman–Crippen LogP) is 4.78. The number of esters is 1. The van der Waals surface area contributed by atoms with Gasteiger partial charge in [0.15, 0.2) is 0 Å². The molecule has 0 aliphatic carbocycles. The summed E-state index contributed by atoms with van der Waals surface area (Å²) in [7, 11) is 0. The summed E-state index contributed by atoms with van der Waals surface area (Å²) >= 11 is 0. The first-order valence-electron chi connectivity index (χ1n) is 10.1. The molecule has 11 heteroatoms. The number of aromatic nitrogens is 5. The van der Waals surface area contributed by atoms with E-state index in [0.29, 0.717) is 23.7 Å². The number of nitrogens with one attached hydrogen (secondary N) is 1. The number of carbonyl (C=O) groups excluding carboxylic acids is 1. The fourth-order valence-electron chi connectivity index (χ4n) is 3.23. The normalized spacial score (nSPS) is 11.3. The number of anilines is 2. The molecule has 0 amide bonds. The lowest BCUT2D eigenvalue weighted by Gasteiger charge is -2.10. The van der Waals surface area contributed by atoms with E-state index >= 15 is 0 Å². The van der Waals surface area contributed by atoms with Crippen LogP contribution in [-0.4, -0.2) is 30.9 Å². The van der Waals surface area contributed by atoms with E-state index in [1.54, 1.807) is 35.1 Å². The van der Waals surface area contributed by atoms with Crippen molar-refractivity contribution in [3.63, 3.8) is 0 Å². The lowest BCUT2D eigenvalue weighted by molar-refractivity contribution is -0.141. The van der Waals surface area contributed by atoms with E-state index in [2.05, 4.69) is 25.6 Å². The first kappa shape index (κ1) is 22.9. The van der Waals surface area contributed by atoms with Crippen LogP contribution in [0.2, 0.25) is 0 Å². The van der Waals surface area contributed by atoms with Gasteiger partial charge in [0.05, 0.1) is 12.7 Å². The Morgan fingerprint density at radius 2 is 1.88 bits per heavy atom. The van der Waals surface area contributed by atoms with E-state index in [1.165, 1.54) is 6.92 Å². The SMILES string of the molecule is CC(=O)Oc1ccc(Cn2cc(-c3cc(C)cc(Nc4nccc(C(F)(F)F)n4)c3)nn2)cc1. The summed E-state index contributed by atoms with van der Waals surface area (Å²) in [6.07, 6.45) is -1.74. The highest BCUT2D eigenvalue weighted by Gasteiger charge is 2.32. The number of hydrogen-bond acceptors (Lipinski definition) is 7. The largest absolute Gasteiger partial charge is 0.433 e. The third-order valence-electron chi connectivity index (χ3n) is 4.64. The third kappa shape index (κ3) is 5.74. The van der Waals surface area contributed by atoms with Crippen molar-refractivity contribution in [1.29, 1.82) is 0 Å². The van der Waals surface area contributed by atoms with Crippen molar-refractivity contribution in [2.45, 2.75) is 26.6 Å². The molecule has 0 radical (unpaired) electrons. The van der Waals surface area contributed by atoms with Gasteiger partial charge in [-0.05, 0) is 54.4 Å². The minimum absolute atomic E-state index is 0.160. The third-order valence-corrected chi connectivity index (χ3v) is 4.64. The maximum Gasteiger partial charge on any atom is 0.433 e. The number of aryl methyl sites for hydroxylation is 1. The van der Waals surface area contributed by atoms with Crippen LogP contribution in [0.4, 0.5) is 24.8 Å². The second-order valence-electron chi connectivity index (χ2n) is 7.51. The quantitative estimate of drug-likeness (QED) is 0.321. The average molecular weight is 468 g/mol. The van der Waals surface area contributed by atoms with Crippen molar-refractivity contribution < 1.29 is 22.7 Å². The van der Waals surface area contributed by atoms with E-state index < -0.39 is 11.9 Å². The Labute approximate surface area is 192 Å². The molecule has 2 aromatic heterocycles. The van der Waals surface area contributed by atoms with E-state index in [0.717, 1.165) is 29.0 Å². The molecule has 0 spiro atoms. The summed E-state index contributed by atoms with van der Waals surface area (Å²) in [5.41, 5.74) is 2.61. The molecule has 0 unspecified atom stereocenters. The first-order valence-corrected chi connectivity index (χ1v) is 10.1. The van der Waals surface area contributed by atoms with Crippen LogP contribution in [0.25, 0.3) is 11.3 Å². The molecule has 0 saturated carbocycles. The van der Waals surface area contributed by atoms with Gasteiger partial charge in [0.1, 0.15) is 17.1 Å². The van der Waals surface area contributed by atoms with Crippen LogP contribution in [0.15, 0.2) is 60.9 Å². The zero-order chi connectivity index (χ0) is 24.3. The highest BCUT2D eigenvalue weighted by molar-refractivity contribution is 5.69. The van der Waals surface area contributed by atoms with Crippen LogP contribution in [0.5, 0.6) is 5.75 Å². The molecular weight excluding hydrogens is 449 g/mol. The van der Waals surface area contributed by atoms with Gasteiger partial charge < -0.3 is 10.1 Å². The molecular formula is C23H19F3N6O2. The van der Waals surface area contributed by atoms with Gasteiger partial charge in [0, 0.05) is 24.4 Å². The Morgan fingerprint density at radius 1 is 1.12 bits per heavy atom. The standard InChI is InChI=1S/C23H19F3N6O2/c1-14-9-17(11-18(10-14)28-22-27-8-7-21(29-22)23(24,25)26)20-13-32(31-30-20)12-16-3-5-19(6-4-16)34-15(2)33/h3-11,13H,12H2,1-2H3,(H,27,28,29). The molecule has 0 aliphatic heterocycles. The smallest absolute Gasteiger partial charge is 0.427 e. The second kappa shape index (κ2) is 9.30. The molecule has 0 aliphatic rings. The molecule has 0 fully saturated rings. The second-order valence-corrected chi connectivity index (χ2v) is 7.51. The molecule has 4 rings (SSSR count). The zero-order valence-corrected chi connectivity index (χ0v) is 18.2. The topological polar surface area (TPSA) is 94.8 Å². The molecule has 34 heavy (non-hydrogen) atoms. The molecule has 8 nitrogen and oxygen atoms in total. The monoisotopic (exact) mass is 468 g/mol.